The molecule has 0 saturated carbocycles. The van der Waals surface area contributed by atoms with Gasteiger partial charge < -0.3 is 20.7 Å². The van der Waals surface area contributed by atoms with Gasteiger partial charge in [0.1, 0.15) is 5.75 Å². The molecule has 0 aliphatic heterocycles. The van der Waals surface area contributed by atoms with Gasteiger partial charge in [0.2, 0.25) is 5.91 Å². The molecule has 0 saturated heterocycles. The number of hydrogen-bond acceptors (Lipinski definition) is 4. The smallest absolute Gasteiger partial charge is 0.255 e. The molecule has 3 N–H and O–H groups in total. The predicted molar refractivity (Wildman–Crippen MR) is 133 cm³/mol. The van der Waals surface area contributed by atoms with Gasteiger partial charge in [-0.1, -0.05) is 38.1 Å². The van der Waals surface area contributed by atoms with E-state index in [0.29, 0.717) is 23.7 Å². The van der Waals surface area contributed by atoms with Crippen molar-refractivity contribution in [1.29, 1.82) is 0 Å². The molecule has 0 fully saturated rings. The molecule has 0 unspecified atom stereocenters. The fraction of sp³-hybridized carbons (Fsp3) is 0.259. The fourth-order valence-electron chi connectivity index (χ4n) is 3.28. The van der Waals surface area contributed by atoms with Gasteiger partial charge in [0.15, 0.2) is 0 Å². The first-order valence-corrected chi connectivity index (χ1v) is 11.1. The summed E-state index contributed by atoms with van der Waals surface area (Å²) in [6, 6.07) is 22.7. The Kier molecular flexibility index (Phi) is 8.47. The van der Waals surface area contributed by atoms with Gasteiger partial charge in [-0.3, -0.25) is 9.59 Å². The number of amides is 2. The number of rotatable bonds is 10. The number of methoxy groups -OCH3 is 1. The minimum absolute atomic E-state index is 0.0740. The summed E-state index contributed by atoms with van der Waals surface area (Å²) in [6.45, 7) is 5.11. The molecule has 3 aromatic carbocycles. The highest BCUT2D eigenvalue weighted by atomic mass is 16.5. The van der Waals surface area contributed by atoms with Gasteiger partial charge in [-0.15, -0.1) is 0 Å². The van der Waals surface area contributed by atoms with Crippen LogP contribution >= 0.6 is 0 Å². The van der Waals surface area contributed by atoms with Crippen molar-refractivity contribution in [2.75, 3.05) is 30.8 Å². The third-order valence-corrected chi connectivity index (χ3v) is 5.33. The Hall–Kier alpha value is -3.80. The Bertz CT molecular complexity index is 1040. The molecular weight excluding hydrogens is 414 g/mol. The first-order valence-electron chi connectivity index (χ1n) is 11.1. The highest BCUT2D eigenvalue weighted by Gasteiger charge is 2.07. The van der Waals surface area contributed by atoms with E-state index in [1.54, 1.807) is 55.6 Å². The van der Waals surface area contributed by atoms with Gasteiger partial charge in [-0.25, -0.2) is 0 Å². The van der Waals surface area contributed by atoms with E-state index in [0.717, 1.165) is 17.9 Å². The molecule has 2 amide bonds. The molecule has 0 aliphatic carbocycles. The summed E-state index contributed by atoms with van der Waals surface area (Å²) >= 11 is 0. The molecule has 172 valence electrons. The molecule has 0 atom stereocenters. The third-order valence-electron chi connectivity index (χ3n) is 5.33. The maximum atomic E-state index is 12.4. The Labute approximate surface area is 195 Å². The van der Waals surface area contributed by atoms with Crippen LogP contribution in [0.4, 0.5) is 11.4 Å². The molecule has 0 spiro atoms. The van der Waals surface area contributed by atoms with E-state index in [4.69, 9.17) is 4.74 Å². The second-order valence-electron chi connectivity index (χ2n) is 8.11. The first-order chi connectivity index (χ1) is 15.9. The molecule has 6 heteroatoms. The zero-order chi connectivity index (χ0) is 23.6. The molecule has 3 aromatic rings. The second-order valence-corrected chi connectivity index (χ2v) is 8.11. The van der Waals surface area contributed by atoms with E-state index < -0.39 is 0 Å². The minimum atomic E-state index is -0.203. The van der Waals surface area contributed by atoms with Gasteiger partial charge in [0, 0.05) is 23.5 Å². The topological polar surface area (TPSA) is 79.5 Å². The van der Waals surface area contributed by atoms with Crippen LogP contribution in [-0.2, 0) is 11.2 Å². The minimum Gasteiger partial charge on any atom is -0.497 e. The Balaban J connectivity index is 1.40. The fourth-order valence-corrected chi connectivity index (χ4v) is 3.28. The van der Waals surface area contributed by atoms with Gasteiger partial charge >= 0.3 is 0 Å². The summed E-state index contributed by atoms with van der Waals surface area (Å²) in [4.78, 5) is 24.5. The quantitative estimate of drug-likeness (QED) is 0.417. The molecule has 0 aromatic heterocycles. The van der Waals surface area contributed by atoms with Crippen molar-refractivity contribution in [1.82, 2.24) is 5.32 Å². The highest BCUT2D eigenvalue weighted by Crippen LogP contribution is 2.17. The molecule has 0 heterocycles. The van der Waals surface area contributed by atoms with Gasteiger partial charge in [0.05, 0.1) is 13.7 Å². The van der Waals surface area contributed by atoms with Crippen molar-refractivity contribution in [3.05, 3.63) is 89.5 Å². The normalized spacial score (nSPS) is 10.5. The van der Waals surface area contributed by atoms with Crippen molar-refractivity contribution >= 4 is 23.2 Å². The number of ether oxygens (including phenoxy) is 1. The lowest BCUT2D eigenvalue weighted by Gasteiger charge is -2.10. The molecule has 0 aliphatic rings. The van der Waals surface area contributed by atoms with Crippen LogP contribution in [0.1, 0.15) is 41.3 Å². The van der Waals surface area contributed by atoms with E-state index in [9.17, 15) is 9.59 Å². The number of anilines is 2. The van der Waals surface area contributed by atoms with E-state index in [2.05, 4.69) is 54.1 Å². The largest absolute Gasteiger partial charge is 0.497 e. The standard InChI is InChI=1S/C27H31N3O3/c1-19(2)21-6-4-20(5-7-21)16-17-28-26(31)18-29-23-10-8-22(9-11-23)27(32)30-24-12-14-25(33-3)15-13-24/h4-15,19,29H,16-18H2,1-3H3,(H,28,31)(H,30,32). The summed E-state index contributed by atoms with van der Waals surface area (Å²) in [6.07, 6.45) is 0.794. The zero-order valence-corrected chi connectivity index (χ0v) is 19.4. The lowest BCUT2D eigenvalue weighted by Crippen LogP contribution is -2.31. The van der Waals surface area contributed by atoms with Crippen molar-refractivity contribution in [2.45, 2.75) is 26.2 Å². The lowest BCUT2D eigenvalue weighted by molar-refractivity contribution is -0.119. The van der Waals surface area contributed by atoms with Crippen molar-refractivity contribution in [3.8, 4) is 5.75 Å². The van der Waals surface area contributed by atoms with E-state index >= 15 is 0 Å². The molecular formula is C27H31N3O3. The van der Waals surface area contributed by atoms with Crippen LogP contribution < -0.4 is 20.7 Å². The number of carbonyl (C=O) groups is 2. The Morgan fingerprint density at radius 1 is 0.848 bits per heavy atom. The van der Waals surface area contributed by atoms with Crippen molar-refractivity contribution in [3.63, 3.8) is 0 Å². The SMILES string of the molecule is COc1ccc(NC(=O)c2ccc(NCC(=O)NCCc3ccc(C(C)C)cc3)cc2)cc1. The average Bonchev–Trinajstić information content (AvgIpc) is 2.84. The summed E-state index contributed by atoms with van der Waals surface area (Å²) in [5, 5.41) is 8.86. The van der Waals surface area contributed by atoms with E-state index in [-0.39, 0.29) is 18.4 Å². The number of benzene rings is 3. The Morgan fingerprint density at radius 2 is 1.48 bits per heavy atom. The molecule has 0 radical (unpaired) electrons. The van der Waals surface area contributed by atoms with Crippen LogP contribution in [0.25, 0.3) is 0 Å². The van der Waals surface area contributed by atoms with Crippen molar-refractivity contribution < 1.29 is 14.3 Å². The van der Waals surface area contributed by atoms with Gasteiger partial charge in [-0.2, -0.15) is 0 Å². The highest BCUT2D eigenvalue weighted by molar-refractivity contribution is 6.04. The van der Waals surface area contributed by atoms with Crippen LogP contribution in [0, 0.1) is 0 Å². The number of hydrogen-bond donors (Lipinski definition) is 3. The maximum absolute atomic E-state index is 12.4. The second kappa shape index (κ2) is 11.7. The summed E-state index contributed by atoms with van der Waals surface area (Å²) in [7, 11) is 1.60. The predicted octanol–water partition coefficient (Wildman–Crippen LogP) is 4.84. The molecule has 0 bridgehead atoms. The molecule has 3 rings (SSSR count). The monoisotopic (exact) mass is 445 g/mol. The van der Waals surface area contributed by atoms with Crippen molar-refractivity contribution in [2.24, 2.45) is 0 Å². The lowest BCUT2D eigenvalue weighted by atomic mass is 10.0. The first kappa shape index (κ1) is 23.9. The Morgan fingerprint density at radius 3 is 2.09 bits per heavy atom. The number of carbonyl (C=O) groups excluding carboxylic acids is 2. The van der Waals surface area contributed by atoms with Crippen LogP contribution in [0.3, 0.4) is 0 Å². The van der Waals surface area contributed by atoms with Gasteiger partial charge in [0.25, 0.3) is 5.91 Å². The number of nitrogens with one attached hydrogen (secondary N) is 3. The van der Waals surface area contributed by atoms with Gasteiger partial charge in [-0.05, 0) is 72.0 Å². The zero-order valence-electron chi connectivity index (χ0n) is 19.4. The summed E-state index contributed by atoms with van der Waals surface area (Å²) < 4.78 is 5.12. The summed E-state index contributed by atoms with van der Waals surface area (Å²) in [5.74, 6) is 0.968. The van der Waals surface area contributed by atoms with Crippen LogP contribution in [0.5, 0.6) is 5.75 Å². The molecule has 6 nitrogen and oxygen atoms in total. The van der Waals surface area contributed by atoms with Crippen LogP contribution in [0.2, 0.25) is 0 Å². The van der Waals surface area contributed by atoms with E-state index in [1.165, 1.54) is 11.1 Å². The summed E-state index contributed by atoms with van der Waals surface area (Å²) in [5.41, 5.74) is 4.52. The average molecular weight is 446 g/mol. The third kappa shape index (κ3) is 7.38. The van der Waals surface area contributed by atoms with Crippen LogP contribution in [-0.4, -0.2) is 32.0 Å². The maximum Gasteiger partial charge on any atom is 0.255 e. The van der Waals surface area contributed by atoms with E-state index in [1.807, 2.05) is 0 Å². The van der Waals surface area contributed by atoms with Crippen LogP contribution in [0.15, 0.2) is 72.8 Å². The molecule has 33 heavy (non-hydrogen) atoms.